The topological polar surface area (TPSA) is 59.6 Å². The van der Waals surface area contributed by atoms with E-state index < -0.39 is 0 Å². The highest BCUT2D eigenvalue weighted by Crippen LogP contribution is 2.28. The van der Waals surface area contributed by atoms with E-state index in [-0.39, 0.29) is 24.9 Å². The van der Waals surface area contributed by atoms with Gasteiger partial charge >= 0.3 is 0 Å². The SMILES string of the molecule is CCNCc1ccc(OCC(=O)Nc2ccc(Br)cc2)c(OC)c1.Cl. The fourth-order valence-corrected chi connectivity index (χ4v) is 2.35. The van der Waals surface area contributed by atoms with Crippen LogP contribution in [0.4, 0.5) is 5.69 Å². The van der Waals surface area contributed by atoms with E-state index in [1.165, 1.54) is 0 Å². The van der Waals surface area contributed by atoms with Crippen molar-refractivity contribution in [2.45, 2.75) is 13.5 Å². The van der Waals surface area contributed by atoms with Crippen molar-refractivity contribution in [1.29, 1.82) is 0 Å². The van der Waals surface area contributed by atoms with Gasteiger partial charge in [-0.3, -0.25) is 4.79 Å². The number of hydrogen-bond donors (Lipinski definition) is 2. The van der Waals surface area contributed by atoms with E-state index in [9.17, 15) is 4.79 Å². The molecule has 0 aromatic heterocycles. The van der Waals surface area contributed by atoms with E-state index in [0.717, 1.165) is 28.8 Å². The van der Waals surface area contributed by atoms with Crippen molar-refractivity contribution in [2.24, 2.45) is 0 Å². The maximum absolute atomic E-state index is 12.0. The molecule has 0 unspecified atom stereocenters. The monoisotopic (exact) mass is 428 g/mol. The number of rotatable bonds is 8. The molecule has 0 atom stereocenters. The fraction of sp³-hybridized carbons (Fsp3) is 0.278. The van der Waals surface area contributed by atoms with Crippen LogP contribution < -0.4 is 20.1 Å². The van der Waals surface area contributed by atoms with Crippen LogP contribution >= 0.6 is 28.3 Å². The number of amides is 1. The highest BCUT2D eigenvalue weighted by atomic mass is 79.9. The van der Waals surface area contributed by atoms with E-state index >= 15 is 0 Å². The van der Waals surface area contributed by atoms with Gasteiger partial charge < -0.3 is 20.1 Å². The molecule has 0 radical (unpaired) electrons. The predicted octanol–water partition coefficient (Wildman–Crippen LogP) is 4.01. The van der Waals surface area contributed by atoms with Crippen molar-refractivity contribution >= 4 is 39.9 Å². The molecule has 0 aliphatic heterocycles. The van der Waals surface area contributed by atoms with Gasteiger partial charge in [0.1, 0.15) is 0 Å². The molecule has 0 spiro atoms. The molecule has 7 heteroatoms. The lowest BCUT2D eigenvalue weighted by Gasteiger charge is -2.12. The van der Waals surface area contributed by atoms with Gasteiger partial charge in [-0.25, -0.2) is 0 Å². The normalized spacial score (nSPS) is 9.88. The summed E-state index contributed by atoms with van der Waals surface area (Å²) in [5.41, 5.74) is 1.82. The third-order valence-electron chi connectivity index (χ3n) is 3.29. The lowest BCUT2D eigenvalue weighted by atomic mass is 10.2. The molecule has 0 aliphatic carbocycles. The third kappa shape index (κ3) is 6.94. The summed E-state index contributed by atoms with van der Waals surface area (Å²) in [5, 5.41) is 6.03. The smallest absolute Gasteiger partial charge is 0.262 e. The standard InChI is InChI=1S/C18H21BrN2O3.ClH/c1-3-20-11-13-4-9-16(17(10-13)23-2)24-12-18(22)21-15-7-5-14(19)6-8-15;/h4-10,20H,3,11-12H2,1-2H3,(H,21,22);1H. The number of hydrogen-bond acceptors (Lipinski definition) is 4. The summed E-state index contributed by atoms with van der Waals surface area (Å²) in [5.74, 6) is 0.932. The number of benzene rings is 2. The molecule has 2 aromatic rings. The average molecular weight is 430 g/mol. The van der Waals surface area contributed by atoms with Crippen LogP contribution in [0.25, 0.3) is 0 Å². The van der Waals surface area contributed by atoms with E-state index in [2.05, 4.69) is 33.5 Å². The Labute approximate surface area is 162 Å². The minimum atomic E-state index is -0.226. The summed E-state index contributed by atoms with van der Waals surface area (Å²) >= 11 is 3.35. The molecular weight excluding hydrogens is 408 g/mol. The van der Waals surface area contributed by atoms with Crippen LogP contribution in [-0.2, 0) is 11.3 Å². The summed E-state index contributed by atoms with van der Waals surface area (Å²) in [7, 11) is 1.58. The number of anilines is 1. The molecule has 1 amide bonds. The summed E-state index contributed by atoms with van der Waals surface area (Å²) in [6.07, 6.45) is 0. The first-order valence-corrected chi connectivity index (χ1v) is 8.47. The van der Waals surface area contributed by atoms with Crippen molar-refractivity contribution in [3.05, 3.63) is 52.5 Å². The first kappa shape index (κ1) is 21.3. The van der Waals surface area contributed by atoms with Gasteiger partial charge in [0.25, 0.3) is 5.91 Å². The lowest BCUT2D eigenvalue weighted by Crippen LogP contribution is -2.20. The van der Waals surface area contributed by atoms with Crippen molar-refractivity contribution < 1.29 is 14.3 Å². The zero-order valence-electron chi connectivity index (χ0n) is 14.2. The first-order chi connectivity index (χ1) is 11.6. The van der Waals surface area contributed by atoms with Crippen molar-refractivity contribution in [3.8, 4) is 11.5 Å². The lowest BCUT2D eigenvalue weighted by molar-refractivity contribution is -0.118. The van der Waals surface area contributed by atoms with Gasteiger partial charge in [-0.2, -0.15) is 0 Å². The summed E-state index contributed by atoms with van der Waals surface area (Å²) in [6, 6.07) is 13.0. The summed E-state index contributed by atoms with van der Waals surface area (Å²) < 4.78 is 11.9. The minimum Gasteiger partial charge on any atom is -0.493 e. The van der Waals surface area contributed by atoms with Crippen molar-refractivity contribution in [2.75, 3.05) is 25.6 Å². The predicted molar refractivity (Wildman–Crippen MR) is 106 cm³/mol. The Kier molecular flexibility index (Phi) is 9.34. The first-order valence-electron chi connectivity index (χ1n) is 7.68. The van der Waals surface area contributed by atoms with Gasteiger partial charge in [-0.15, -0.1) is 12.4 Å². The Balaban J connectivity index is 0.00000312. The number of methoxy groups -OCH3 is 1. The molecule has 0 heterocycles. The Bertz CT molecular complexity index is 681. The zero-order chi connectivity index (χ0) is 17.4. The van der Waals surface area contributed by atoms with Crippen LogP contribution in [0.5, 0.6) is 11.5 Å². The molecule has 0 saturated heterocycles. The maximum atomic E-state index is 12.0. The van der Waals surface area contributed by atoms with Crippen LogP contribution in [-0.4, -0.2) is 26.2 Å². The third-order valence-corrected chi connectivity index (χ3v) is 3.82. The number of carbonyl (C=O) groups is 1. The molecule has 0 saturated carbocycles. The van der Waals surface area contributed by atoms with Gasteiger partial charge in [0.05, 0.1) is 7.11 Å². The van der Waals surface area contributed by atoms with Gasteiger partial charge in [0.15, 0.2) is 18.1 Å². The van der Waals surface area contributed by atoms with Crippen LogP contribution in [0.1, 0.15) is 12.5 Å². The van der Waals surface area contributed by atoms with E-state index in [1.807, 2.05) is 42.5 Å². The Hall–Kier alpha value is -1.76. The number of ether oxygens (including phenoxy) is 2. The number of carbonyl (C=O) groups excluding carboxylic acids is 1. The quantitative estimate of drug-likeness (QED) is 0.666. The number of halogens is 2. The van der Waals surface area contributed by atoms with Gasteiger partial charge in [-0.05, 0) is 48.5 Å². The average Bonchev–Trinajstić information content (AvgIpc) is 2.60. The Morgan fingerprint density at radius 3 is 2.48 bits per heavy atom. The maximum Gasteiger partial charge on any atom is 0.262 e. The molecule has 0 aliphatic rings. The molecule has 136 valence electrons. The van der Waals surface area contributed by atoms with E-state index in [0.29, 0.717) is 11.5 Å². The Morgan fingerprint density at radius 2 is 1.84 bits per heavy atom. The van der Waals surface area contributed by atoms with Gasteiger partial charge in [-0.1, -0.05) is 28.9 Å². The molecule has 2 rings (SSSR count). The highest BCUT2D eigenvalue weighted by molar-refractivity contribution is 9.10. The van der Waals surface area contributed by atoms with Crippen LogP contribution in [0.15, 0.2) is 46.9 Å². The minimum absolute atomic E-state index is 0. The second-order valence-electron chi connectivity index (χ2n) is 5.11. The molecular formula is C18H22BrClN2O3. The highest BCUT2D eigenvalue weighted by Gasteiger charge is 2.09. The number of nitrogens with one attached hydrogen (secondary N) is 2. The van der Waals surface area contributed by atoms with Crippen LogP contribution in [0, 0.1) is 0 Å². The second kappa shape index (κ2) is 11.0. The van der Waals surface area contributed by atoms with E-state index in [1.54, 1.807) is 7.11 Å². The largest absolute Gasteiger partial charge is 0.493 e. The second-order valence-corrected chi connectivity index (χ2v) is 6.02. The molecule has 0 fully saturated rings. The molecule has 25 heavy (non-hydrogen) atoms. The fourth-order valence-electron chi connectivity index (χ4n) is 2.08. The summed E-state index contributed by atoms with van der Waals surface area (Å²) in [6.45, 7) is 3.63. The van der Waals surface area contributed by atoms with Gasteiger partial charge in [0, 0.05) is 16.7 Å². The van der Waals surface area contributed by atoms with Gasteiger partial charge in [0.2, 0.25) is 0 Å². The molecule has 2 N–H and O–H groups in total. The molecule has 2 aromatic carbocycles. The molecule has 5 nitrogen and oxygen atoms in total. The molecule has 0 bridgehead atoms. The Morgan fingerprint density at radius 1 is 1.12 bits per heavy atom. The van der Waals surface area contributed by atoms with Crippen molar-refractivity contribution in [1.82, 2.24) is 5.32 Å². The van der Waals surface area contributed by atoms with Crippen LogP contribution in [0.3, 0.4) is 0 Å². The van der Waals surface area contributed by atoms with Crippen LogP contribution in [0.2, 0.25) is 0 Å². The van der Waals surface area contributed by atoms with E-state index in [4.69, 9.17) is 9.47 Å². The van der Waals surface area contributed by atoms with Crippen molar-refractivity contribution in [3.63, 3.8) is 0 Å². The zero-order valence-corrected chi connectivity index (χ0v) is 16.6. The summed E-state index contributed by atoms with van der Waals surface area (Å²) in [4.78, 5) is 12.0.